The van der Waals surface area contributed by atoms with E-state index >= 15 is 0 Å². The maximum absolute atomic E-state index is 13.8. The number of aromatic nitrogens is 4. The minimum Gasteiger partial charge on any atom is -0.378 e. The number of tetrazole rings is 1. The standard InChI is InChI=1S/C18H14FN5/c19-16-8-4-5-9-17(16)20-11-14-10-15(13-6-2-1-3-7-13)12-24-18(14)21-22-23-24/h1-10,12,20H,11H2. The molecule has 0 saturated heterocycles. The highest BCUT2D eigenvalue weighted by Gasteiger charge is 2.10. The molecule has 2 heterocycles. The van der Waals surface area contributed by atoms with E-state index in [2.05, 4.69) is 20.8 Å². The molecule has 0 spiro atoms. The zero-order valence-electron chi connectivity index (χ0n) is 12.7. The molecule has 0 aliphatic heterocycles. The van der Waals surface area contributed by atoms with Crippen molar-refractivity contribution >= 4 is 11.3 Å². The van der Waals surface area contributed by atoms with Crippen molar-refractivity contribution in [2.45, 2.75) is 6.54 Å². The number of benzene rings is 2. The first-order valence-corrected chi connectivity index (χ1v) is 7.56. The van der Waals surface area contributed by atoms with E-state index in [4.69, 9.17) is 0 Å². The second-order valence-electron chi connectivity index (χ2n) is 5.40. The van der Waals surface area contributed by atoms with Gasteiger partial charge in [0.25, 0.3) is 0 Å². The summed E-state index contributed by atoms with van der Waals surface area (Å²) in [5.74, 6) is -0.285. The van der Waals surface area contributed by atoms with Crippen molar-refractivity contribution in [2.75, 3.05) is 5.32 Å². The molecule has 5 nitrogen and oxygen atoms in total. The zero-order chi connectivity index (χ0) is 16.4. The molecule has 6 heteroatoms. The van der Waals surface area contributed by atoms with E-state index in [9.17, 15) is 4.39 Å². The molecule has 0 aliphatic carbocycles. The third-order valence-corrected chi connectivity index (χ3v) is 3.82. The van der Waals surface area contributed by atoms with Gasteiger partial charge in [0, 0.05) is 23.9 Å². The fourth-order valence-corrected chi connectivity index (χ4v) is 2.63. The number of hydrogen-bond donors (Lipinski definition) is 1. The summed E-state index contributed by atoms with van der Waals surface area (Å²) in [6.45, 7) is 0.422. The maximum Gasteiger partial charge on any atom is 0.184 e. The van der Waals surface area contributed by atoms with Crippen LogP contribution in [0.15, 0.2) is 66.9 Å². The number of nitrogens with zero attached hydrogens (tertiary/aromatic N) is 4. The van der Waals surface area contributed by atoms with Crippen molar-refractivity contribution in [2.24, 2.45) is 0 Å². The summed E-state index contributed by atoms with van der Waals surface area (Å²) >= 11 is 0. The molecule has 0 radical (unpaired) electrons. The summed E-state index contributed by atoms with van der Waals surface area (Å²) in [5, 5.41) is 14.9. The number of rotatable bonds is 4. The summed E-state index contributed by atoms with van der Waals surface area (Å²) in [6.07, 6.45) is 1.89. The molecule has 2 aromatic heterocycles. The van der Waals surface area contributed by atoms with Gasteiger partial charge in [-0.2, -0.15) is 4.52 Å². The van der Waals surface area contributed by atoms with Crippen LogP contribution in [0, 0.1) is 5.82 Å². The number of pyridine rings is 1. The number of halogens is 1. The Kier molecular flexibility index (Phi) is 3.63. The van der Waals surface area contributed by atoms with Gasteiger partial charge in [-0.1, -0.05) is 42.5 Å². The molecular formula is C18H14FN5. The van der Waals surface area contributed by atoms with Crippen molar-refractivity contribution in [3.05, 3.63) is 78.2 Å². The van der Waals surface area contributed by atoms with Crippen LogP contribution in [0.3, 0.4) is 0 Å². The average molecular weight is 319 g/mol. The van der Waals surface area contributed by atoms with Gasteiger partial charge in [-0.3, -0.25) is 0 Å². The van der Waals surface area contributed by atoms with Crippen molar-refractivity contribution in [3.63, 3.8) is 0 Å². The molecular weight excluding hydrogens is 305 g/mol. The molecule has 4 rings (SSSR count). The van der Waals surface area contributed by atoms with Gasteiger partial charge >= 0.3 is 0 Å². The topological polar surface area (TPSA) is 55.1 Å². The normalized spacial score (nSPS) is 10.9. The Labute approximate surface area is 137 Å². The minimum atomic E-state index is -0.285. The van der Waals surface area contributed by atoms with Crippen LogP contribution in [0.4, 0.5) is 10.1 Å². The zero-order valence-corrected chi connectivity index (χ0v) is 12.7. The van der Waals surface area contributed by atoms with E-state index < -0.39 is 0 Å². The van der Waals surface area contributed by atoms with Gasteiger partial charge in [-0.25, -0.2) is 4.39 Å². The summed E-state index contributed by atoms with van der Waals surface area (Å²) in [7, 11) is 0. The van der Waals surface area contributed by atoms with Gasteiger partial charge in [0.2, 0.25) is 0 Å². The number of anilines is 1. The van der Waals surface area contributed by atoms with Gasteiger partial charge in [0.05, 0.1) is 5.69 Å². The van der Waals surface area contributed by atoms with E-state index in [1.807, 2.05) is 42.6 Å². The minimum absolute atomic E-state index is 0.285. The molecule has 0 bridgehead atoms. The molecule has 0 unspecified atom stereocenters. The fourth-order valence-electron chi connectivity index (χ4n) is 2.63. The maximum atomic E-state index is 13.8. The lowest BCUT2D eigenvalue weighted by Crippen LogP contribution is -2.04. The molecule has 0 aliphatic rings. The molecule has 2 aromatic carbocycles. The van der Waals surface area contributed by atoms with Crippen LogP contribution < -0.4 is 5.32 Å². The number of hydrogen-bond acceptors (Lipinski definition) is 4. The molecule has 0 atom stereocenters. The predicted molar refractivity (Wildman–Crippen MR) is 89.9 cm³/mol. The van der Waals surface area contributed by atoms with Crippen molar-refractivity contribution < 1.29 is 4.39 Å². The molecule has 0 fully saturated rings. The number of nitrogens with one attached hydrogen (secondary N) is 1. The SMILES string of the molecule is Fc1ccccc1NCc1cc(-c2ccccc2)cn2nnnc12. The van der Waals surface area contributed by atoms with E-state index in [1.165, 1.54) is 6.07 Å². The van der Waals surface area contributed by atoms with Crippen LogP contribution in [-0.4, -0.2) is 20.0 Å². The smallest absolute Gasteiger partial charge is 0.184 e. The van der Waals surface area contributed by atoms with Crippen molar-refractivity contribution in [1.29, 1.82) is 0 Å². The molecule has 118 valence electrons. The lowest BCUT2D eigenvalue weighted by Gasteiger charge is -2.10. The van der Waals surface area contributed by atoms with E-state index in [1.54, 1.807) is 22.7 Å². The second-order valence-corrected chi connectivity index (χ2v) is 5.40. The predicted octanol–water partition coefficient (Wildman–Crippen LogP) is 3.54. The van der Waals surface area contributed by atoms with E-state index in [0.29, 0.717) is 17.9 Å². The van der Waals surface area contributed by atoms with Gasteiger partial charge in [0.1, 0.15) is 5.82 Å². The van der Waals surface area contributed by atoms with Crippen molar-refractivity contribution in [3.8, 4) is 11.1 Å². The average Bonchev–Trinajstić information content (AvgIpc) is 3.10. The van der Waals surface area contributed by atoms with Gasteiger partial charge in [-0.05, 0) is 34.2 Å². The van der Waals surface area contributed by atoms with Gasteiger partial charge in [0.15, 0.2) is 5.65 Å². The largest absolute Gasteiger partial charge is 0.378 e. The highest BCUT2D eigenvalue weighted by Crippen LogP contribution is 2.23. The third-order valence-electron chi connectivity index (χ3n) is 3.82. The number of fused-ring (bicyclic) bond motifs is 1. The molecule has 24 heavy (non-hydrogen) atoms. The highest BCUT2D eigenvalue weighted by molar-refractivity contribution is 5.67. The van der Waals surface area contributed by atoms with Crippen LogP contribution in [0.1, 0.15) is 5.56 Å². The van der Waals surface area contributed by atoms with Crippen LogP contribution in [0.25, 0.3) is 16.8 Å². The van der Waals surface area contributed by atoms with Crippen LogP contribution in [0.5, 0.6) is 0 Å². The summed E-state index contributed by atoms with van der Waals surface area (Å²) in [5.41, 5.74) is 4.07. The fraction of sp³-hybridized carbons (Fsp3) is 0.0556. The van der Waals surface area contributed by atoms with Crippen LogP contribution in [-0.2, 0) is 6.54 Å². The first kappa shape index (κ1) is 14.3. The Morgan fingerprint density at radius 3 is 2.58 bits per heavy atom. The van der Waals surface area contributed by atoms with Gasteiger partial charge in [-0.15, -0.1) is 5.10 Å². The lowest BCUT2D eigenvalue weighted by molar-refractivity contribution is 0.630. The Balaban J connectivity index is 1.71. The summed E-state index contributed by atoms with van der Waals surface area (Å²) < 4.78 is 15.4. The second kappa shape index (κ2) is 6.08. The van der Waals surface area contributed by atoms with Crippen LogP contribution in [0.2, 0.25) is 0 Å². The first-order chi connectivity index (χ1) is 11.8. The molecule has 1 N–H and O–H groups in total. The first-order valence-electron chi connectivity index (χ1n) is 7.56. The Morgan fingerprint density at radius 2 is 1.75 bits per heavy atom. The van der Waals surface area contributed by atoms with Gasteiger partial charge < -0.3 is 5.32 Å². The Bertz CT molecular complexity index is 981. The quantitative estimate of drug-likeness (QED) is 0.625. The Morgan fingerprint density at radius 1 is 0.958 bits per heavy atom. The molecule has 0 amide bonds. The highest BCUT2D eigenvalue weighted by atomic mass is 19.1. The Hall–Kier alpha value is -3.28. The lowest BCUT2D eigenvalue weighted by atomic mass is 10.1. The molecule has 4 aromatic rings. The van der Waals surface area contributed by atoms with E-state index in [-0.39, 0.29) is 5.82 Å². The third kappa shape index (κ3) is 2.69. The number of para-hydroxylation sites is 1. The van der Waals surface area contributed by atoms with Crippen LogP contribution >= 0.6 is 0 Å². The van der Waals surface area contributed by atoms with Crippen molar-refractivity contribution in [1.82, 2.24) is 20.0 Å². The summed E-state index contributed by atoms with van der Waals surface area (Å²) in [4.78, 5) is 0. The summed E-state index contributed by atoms with van der Waals surface area (Å²) in [6, 6.07) is 18.6. The molecule has 0 saturated carbocycles. The monoisotopic (exact) mass is 319 g/mol. The van der Waals surface area contributed by atoms with E-state index in [0.717, 1.165) is 16.7 Å².